The molecule has 0 radical (unpaired) electrons. The van der Waals surface area contributed by atoms with Crippen LogP contribution in [0.25, 0.3) is 17.2 Å². The Bertz CT molecular complexity index is 1130. The van der Waals surface area contributed by atoms with E-state index in [9.17, 15) is 18.0 Å². The predicted molar refractivity (Wildman–Crippen MR) is 108 cm³/mol. The summed E-state index contributed by atoms with van der Waals surface area (Å²) in [6.45, 7) is 1.36. The summed E-state index contributed by atoms with van der Waals surface area (Å²) in [5.74, 6) is 0.623. The van der Waals surface area contributed by atoms with Gasteiger partial charge in [0.05, 0.1) is 17.5 Å². The maximum atomic E-state index is 13.0. The lowest BCUT2D eigenvalue weighted by Crippen LogP contribution is -2.05. The summed E-state index contributed by atoms with van der Waals surface area (Å²) in [6.07, 6.45) is 1.28. The number of nitrogen functional groups attached to an aromatic ring is 1. The second-order valence-electron chi connectivity index (χ2n) is 6.35. The van der Waals surface area contributed by atoms with E-state index in [2.05, 4.69) is 20.3 Å². The number of hydrogen-bond donors (Lipinski definition) is 4. The van der Waals surface area contributed by atoms with Crippen LogP contribution >= 0.6 is 0 Å². The molecule has 3 aromatic rings. The number of aromatic nitrogens is 3. The van der Waals surface area contributed by atoms with Gasteiger partial charge in [-0.25, -0.2) is 9.97 Å². The molecule has 0 saturated heterocycles. The number of carbonyl (C=O) groups is 1. The highest BCUT2D eigenvalue weighted by atomic mass is 19.4. The maximum absolute atomic E-state index is 13.0. The number of rotatable bonds is 5. The number of amides is 1. The molecule has 0 atom stereocenters. The Morgan fingerprint density at radius 1 is 1.23 bits per heavy atom. The predicted octanol–water partition coefficient (Wildman–Crippen LogP) is 4.11. The van der Waals surface area contributed by atoms with Gasteiger partial charge in [-0.2, -0.15) is 13.2 Å². The molecular weight excluding hydrogens is 397 g/mol. The summed E-state index contributed by atoms with van der Waals surface area (Å²) in [7, 11) is 0. The molecular formula is C20H17F3N6O. The Kier molecular flexibility index (Phi) is 5.67. The van der Waals surface area contributed by atoms with E-state index >= 15 is 0 Å². The van der Waals surface area contributed by atoms with Crippen molar-refractivity contribution in [1.29, 1.82) is 5.41 Å². The van der Waals surface area contributed by atoms with E-state index in [1.165, 1.54) is 49.7 Å². The lowest BCUT2D eigenvalue weighted by atomic mass is 10.0. The van der Waals surface area contributed by atoms with Crippen molar-refractivity contribution < 1.29 is 18.0 Å². The molecule has 3 rings (SSSR count). The lowest BCUT2D eigenvalue weighted by molar-refractivity contribution is -0.137. The van der Waals surface area contributed by atoms with Crippen LogP contribution in [-0.2, 0) is 11.0 Å². The average molecular weight is 414 g/mol. The van der Waals surface area contributed by atoms with Crippen LogP contribution in [0.2, 0.25) is 0 Å². The van der Waals surface area contributed by atoms with Crippen molar-refractivity contribution in [2.24, 2.45) is 0 Å². The first-order valence-electron chi connectivity index (χ1n) is 8.66. The van der Waals surface area contributed by atoms with Gasteiger partial charge in [0.15, 0.2) is 0 Å². The third-order valence-electron chi connectivity index (χ3n) is 4.04. The van der Waals surface area contributed by atoms with Crippen LogP contribution in [-0.4, -0.2) is 26.6 Å². The average Bonchev–Trinajstić information content (AvgIpc) is 3.12. The molecule has 30 heavy (non-hydrogen) atoms. The van der Waals surface area contributed by atoms with Crippen LogP contribution in [0.1, 0.15) is 23.9 Å². The number of hydrogen-bond acceptors (Lipinski definition) is 5. The van der Waals surface area contributed by atoms with Crippen LogP contribution < -0.4 is 11.1 Å². The topological polar surface area (TPSA) is 121 Å². The molecule has 2 aromatic heterocycles. The first-order valence-corrected chi connectivity index (χ1v) is 8.66. The van der Waals surface area contributed by atoms with Gasteiger partial charge in [-0.05, 0) is 35.9 Å². The highest BCUT2D eigenvalue weighted by Crippen LogP contribution is 2.33. The molecule has 1 aromatic carbocycles. The standard InChI is InChI=1S/C20H17F3N6O/c1-11(30)28-18-10-26-17(29-18)6-5-16(24)13-8-15(19(25)27-9-13)12-3-2-4-14(7-12)20(21,22)23/h2-10,24H,1H3,(H2,25,27)(H,26,29)(H,28,30). The summed E-state index contributed by atoms with van der Waals surface area (Å²) in [6, 6.07) is 6.26. The minimum atomic E-state index is -4.48. The number of halogens is 3. The fourth-order valence-corrected chi connectivity index (χ4v) is 2.65. The molecule has 0 fully saturated rings. The molecule has 0 aliphatic heterocycles. The van der Waals surface area contributed by atoms with E-state index in [-0.39, 0.29) is 23.0 Å². The van der Waals surface area contributed by atoms with Crippen molar-refractivity contribution in [1.82, 2.24) is 15.0 Å². The molecule has 0 unspecified atom stereocenters. The minimum Gasteiger partial charge on any atom is -0.383 e. The largest absolute Gasteiger partial charge is 0.416 e. The normalized spacial score (nSPS) is 11.6. The molecule has 2 heterocycles. The first kappa shape index (κ1) is 20.8. The zero-order chi connectivity index (χ0) is 21.9. The molecule has 1 amide bonds. The van der Waals surface area contributed by atoms with Gasteiger partial charge in [0.2, 0.25) is 5.91 Å². The fourth-order valence-electron chi connectivity index (χ4n) is 2.65. The first-order chi connectivity index (χ1) is 14.1. The van der Waals surface area contributed by atoms with Crippen LogP contribution in [0.15, 0.2) is 48.8 Å². The summed E-state index contributed by atoms with van der Waals surface area (Å²) in [5, 5.41) is 10.8. The monoisotopic (exact) mass is 414 g/mol. The van der Waals surface area contributed by atoms with E-state index in [1.54, 1.807) is 0 Å². The van der Waals surface area contributed by atoms with E-state index in [4.69, 9.17) is 11.1 Å². The molecule has 0 saturated carbocycles. The van der Waals surface area contributed by atoms with E-state index < -0.39 is 11.7 Å². The second kappa shape index (κ2) is 8.19. The molecule has 0 aliphatic carbocycles. The number of benzene rings is 1. The molecule has 0 spiro atoms. The number of aromatic amines is 1. The van der Waals surface area contributed by atoms with Gasteiger partial charge >= 0.3 is 6.18 Å². The molecule has 5 N–H and O–H groups in total. The van der Waals surface area contributed by atoms with E-state index in [0.717, 1.165) is 12.1 Å². The summed E-state index contributed by atoms with van der Waals surface area (Å²) >= 11 is 0. The molecule has 154 valence electrons. The van der Waals surface area contributed by atoms with Crippen LogP contribution in [0.3, 0.4) is 0 Å². The number of nitrogens with zero attached hydrogens (tertiary/aromatic N) is 2. The van der Waals surface area contributed by atoms with Crippen LogP contribution in [0.4, 0.5) is 24.8 Å². The van der Waals surface area contributed by atoms with E-state index in [0.29, 0.717) is 22.8 Å². The fraction of sp³-hybridized carbons (Fsp3) is 0.100. The zero-order valence-electron chi connectivity index (χ0n) is 15.7. The Balaban J connectivity index is 1.85. The van der Waals surface area contributed by atoms with Crippen molar-refractivity contribution >= 4 is 29.3 Å². The minimum absolute atomic E-state index is 0.0493. The Morgan fingerprint density at radius 2 is 2.00 bits per heavy atom. The van der Waals surface area contributed by atoms with Crippen molar-refractivity contribution in [3.8, 4) is 11.1 Å². The lowest BCUT2D eigenvalue weighted by Gasteiger charge is -2.11. The number of anilines is 2. The quantitative estimate of drug-likeness (QED) is 0.470. The van der Waals surface area contributed by atoms with Crippen molar-refractivity contribution in [2.45, 2.75) is 13.1 Å². The van der Waals surface area contributed by atoms with Gasteiger partial charge in [-0.3, -0.25) is 4.79 Å². The number of carbonyl (C=O) groups excluding carboxylic acids is 1. The van der Waals surface area contributed by atoms with E-state index in [1.807, 2.05) is 0 Å². The number of nitrogens with two attached hydrogens (primary N) is 1. The molecule has 7 nitrogen and oxygen atoms in total. The van der Waals surface area contributed by atoms with Gasteiger partial charge in [0.1, 0.15) is 17.5 Å². The second-order valence-corrected chi connectivity index (χ2v) is 6.35. The van der Waals surface area contributed by atoms with Gasteiger partial charge < -0.3 is 21.4 Å². The molecule has 0 bridgehead atoms. The Morgan fingerprint density at radius 3 is 2.70 bits per heavy atom. The SMILES string of the molecule is CC(=O)Nc1cnc(C=CC(=N)c2cnc(N)c(-c3cccc(C(F)(F)F)c3)c2)[nH]1. The van der Waals surface area contributed by atoms with Crippen LogP contribution in [0, 0.1) is 5.41 Å². The number of pyridine rings is 1. The summed E-state index contributed by atoms with van der Waals surface area (Å²) < 4.78 is 39.0. The van der Waals surface area contributed by atoms with Crippen molar-refractivity contribution in [3.05, 3.63) is 65.8 Å². The summed E-state index contributed by atoms with van der Waals surface area (Å²) in [4.78, 5) is 21.9. The van der Waals surface area contributed by atoms with Crippen LogP contribution in [0.5, 0.6) is 0 Å². The number of imidazole rings is 1. The third-order valence-corrected chi connectivity index (χ3v) is 4.04. The molecule has 0 aliphatic rings. The number of allylic oxidation sites excluding steroid dienone is 1. The third kappa shape index (κ3) is 4.90. The highest BCUT2D eigenvalue weighted by Gasteiger charge is 2.30. The molecule has 10 heteroatoms. The number of H-pyrrole nitrogens is 1. The maximum Gasteiger partial charge on any atom is 0.416 e. The highest BCUT2D eigenvalue weighted by molar-refractivity contribution is 6.09. The number of alkyl halides is 3. The smallest absolute Gasteiger partial charge is 0.383 e. The van der Waals surface area contributed by atoms with Gasteiger partial charge in [-0.1, -0.05) is 12.1 Å². The van der Waals surface area contributed by atoms with Gasteiger partial charge in [0.25, 0.3) is 0 Å². The zero-order valence-corrected chi connectivity index (χ0v) is 15.7. The van der Waals surface area contributed by atoms with Crippen molar-refractivity contribution in [2.75, 3.05) is 11.1 Å². The Labute approximate surface area is 169 Å². The summed E-state index contributed by atoms with van der Waals surface area (Å²) in [5.41, 5.74) is 6.01. The number of nitrogens with one attached hydrogen (secondary N) is 3. The Hall–Kier alpha value is -3.95. The van der Waals surface area contributed by atoms with Gasteiger partial charge in [0, 0.05) is 24.2 Å². The van der Waals surface area contributed by atoms with Gasteiger partial charge in [-0.15, -0.1) is 0 Å². The van der Waals surface area contributed by atoms with Crippen molar-refractivity contribution in [3.63, 3.8) is 0 Å².